The Labute approximate surface area is 74.3 Å². The van der Waals surface area contributed by atoms with Crippen LogP contribution in [0.25, 0.3) is 0 Å². The van der Waals surface area contributed by atoms with Crippen molar-refractivity contribution in [3.05, 3.63) is 0 Å². The number of nitrogens with zero attached hydrogens (tertiary/aromatic N) is 1. The van der Waals surface area contributed by atoms with Gasteiger partial charge in [-0.1, -0.05) is 0 Å². The van der Waals surface area contributed by atoms with Crippen LogP contribution in [0.4, 0.5) is 4.79 Å². The highest BCUT2D eigenvalue weighted by molar-refractivity contribution is 5.70. The predicted molar refractivity (Wildman–Crippen MR) is 39.9 cm³/mol. The molecule has 2 fully saturated rings. The van der Waals surface area contributed by atoms with Crippen molar-refractivity contribution in [3.63, 3.8) is 0 Å². The van der Waals surface area contributed by atoms with Gasteiger partial charge in [0.05, 0.1) is 12.6 Å². The SMILES string of the molecule is O=C1OC[C@@H]2[C@@H](O)[C@H](O)[C@H](O)CN12. The molecule has 0 spiro atoms. The first-order chi connectivity index (χ1) is 6.11. The van der Waals surface area contributed by atoms with Gasteiger partial charge in [-0.2, -0.15) is 0 Å². The third-order valence-corrected chi connectivity index (χ3v) is 2.53. The number of ether oxygens (including phenoxy) is 1. The normalized spacial score (nSPS) is 44.5. The summed E-state index contributed by atoms with van der Waals surface area (Å²) < 4.78 is 4.67. The lowest BCUT2D eigenvalue weighted by atomic mass is 9.95. The molecule has 1 amide bonds. The lowest BCUT2D eigenvalue weighted by molar-refractivity contribution is -0.117. The van der Waals surface area contributed by atoms with Gasteiger partial charge in [0.2, 0.25) is 0 Å². The van der Waals surface area contributed by atoms with E-state index in [0.29, 0.717) is 0 Å². The standard InChI is InChI=1S/C7H11NO5/c9-4-1-8-3(2-13-7(8)12)5(10)6(4)11/h3-6,9-11H,1-2H2/t3-,4-,5-,6-/m1/s1. The van der Waals surface area contributed by atoms with Crippen LogP contribution in [-0.4, -0.2) is 63.8 Å². The topological polar surface area (TPSA) is 90.2 Å². The average molecular weight is 189 g/mol. The Morgan fingerprint density at radius 3 is 2.69 bits per heavy atom. The quantitative estimate of drug-likeness (QED) is 0.406. The van der Waals surface area contributed by atoms with Crippen LogP contribution in [0.3, 0.4) is 0 Å². The Bertz CT molecular complexity index is 233. The van der Waals surface area contributed by atoms with E-state index in [4.69, 9.17) is 0 Å². The van der Waals surface area contributed by atoms with E-state index in [1.807, 2.05) is 0 Å². The zero-order chi connectivity index (χ0) is 9.59. The molecule has 2 heterocycles. The first kappa shape index (κ1) is 8.74. The summed E-state index contributed by atoms with van der Waals surface area (Å²) in [6, 6.07) is -0.522. The third kappa shape index (κ3) is 1.18. The minimum absolute atomic E-state index is 0.0156. The summed E-state index contributed by atoms with van der Waals surface area (Å²) >= 11 is 0. The first-order valence-electron chi connectivity index (χ1n) is 4.09. The van der Waals surface area contributed by atoms with Crippen molar-refractivity contribution < 1.29 is 24.9 Å². The lowest BCUT2D eigenvalue weighted by Crippen LogP contribution is -2.60. The number of aliphatic hydroxyl groups excluding tert-OH is 3. The molecule has 0 aromatic heterocycles. The molecule has 2 aliphatic rings. The molecule has 2 aliphatic heterocycles. The van der Waals surface area contributed by atoms with Crippen molar-refractivity contribution in [2.75, 3.05) is 13.2 Å². The van der Waals surface area contributed by atoms with Crippen LogP contribution < -0.4 is 0 Å². The second kappa shape index (κ2) is 2.83. The van der Waals surface area contributed by atoms with Crippen molar-refractivity contribution in [1.82, 2.24) is 4.90 Å². The van der Waals surface area contributed by atoms with Gasteiger partial charge in [0.1, 0.15) is 24.9 Å². The maximum Gasteiger partial charge on any atom is 0.410 e. The second-order valence-corrected chi connectivity index (χ2v) is 3.35. The summed E-state index contributed by atoms with van der Waals surface area (Å²) in [5.41, 5.74) is 0. The Morgan fingerprint density at radius 2 is 2.00 bits per heavy atom. The fourth-order valence-electron chi connectivity index (χ4n) is 1.72. The second-order valence-electron chi connectivity index (χ2n) is 3.35. The molecule has 2 saturated heterocycles. The van der Waals surface area contributed by atoms with E-state index in [1.54, 1.807) is 0 Å². The predicted octanol–water partition coefficient (Wildman–Crippen LogP) is -2.10. The Balaban J connectivity index is 2.18. The van der Waals surface area contributed by atoms with E-state index in [1.165, 1.54) is 4.90 Å². The summed E-state index contributed by atoms with van der Waals surface area (Å²) in [6.07, 6.45) is -3.97. The van der Waals surface area contributed by atoms with Gasteiger partial charge in [0, 0.05) is 0 Å². The molecule has 0 aromatic rings. The molecule has 0 unspecified atom stereocenters. The van der Waals surface area contributed by atoms with Gasteiger partial charge in [-0.05, 0) is 0 Å². The number of fused-ring (bicyclic) bond motifs is 1. The molecule has 0 bridgehead atoms. The Morgan fingerprint density at radius 1 is 1.31 bits per heavy atom. The third-order valence-electron chi connectivity index (χ3n) is 2.53. The highest BCUT2D eigenvalue weighted by Crippen LogP contribution is 2.24. The maximum atomic E-state index is 11.0. The van der Waals surface area contributed by atoms with Crippen LogP contribution in [0.5, 0.6) is 0 Å². The zero-order valence-corrected chi connectivity index (χ0v) is 6.83. The van der Waals surface area contributed by atoms with E-state index in [-0.39, 0.29) is 13.2 Å². The van der Waals surface area contributed by atoms with Crippen LogP contribution in [0.2, 0.25) is 0 Å². The van der Waals surface area contributed by atoms with Crippen LogP contribution in [0, 0.1) is 0 Å². The van der Waals surface area contributed by atoms with Crippen LogP contribution in [0.15, 0.2) is 0 Å². The summed E-state index contributed by atoms with van der Waals surface area (Å²) in [4.78, 5) is 12.2. The van der Waals surface area contributed by atoms with E-state index in [2.05, 4.69) is 4.74 Å². The van der Waals surface area contributed by atoms with Crippen LogP contribution in [0.1, 0.15) is 0 Å². The smallest absolute Gasteiger partial charge is 0.410 e. The first-order valence-corrected chi connectivity index (χ1v) is 4.09. The molecule has 13 heavy (non-hydrogen) atoms. The number of aliphatic hydroxyl groups is 3. The van der Waals surface area contributed by atoms with Gasteiger partial charge in [0.25, 0.3) is 0 Å². The molecule has 0 aliphatic carbocycles. The Hall–Kier alpha value is -0.850. The molecule has 6 heteroatoms. The number of hydrogen-bond acceptors (Lipinski definition) is 5. The summed E-state index contributed by atoms with van der Waals surface area (Å²) in [7, 11) is 0. The molecule has 74 valence electrons. The van der Waals surface area contributed by atoms with Gasteiger partial charge >= 0.3 is 6.09 Å². The van der Waals surface area contributed by atoms with E-state index in [0.717, 1.165) is 0 Å². The van der Waals surface area contributed by atoms with Gasteiger partial charge in [-0.3, -0.25) is 4.90 Å². The van der Waals surface area contributed by atoms with Crippen molar-refractivity contribution in [2.24, 2.45) is 0 Å². The molecular weight excluding hydrogens is 178 g/mol. The van der Waals surface area contributed by atoms with E-state index >= 15 is 0 Å². The van der Waals surface area contributed by atoms with Crippen molar-refractivity contribution in [2.45, 2.75) is 24.4 Å². The molecular formula is C7H11NO5. The van der Waals surface area contributed by atoms with Gasteiger partial charge in [-0.15, -0.1) is 0 Å². The highest BCUT2D eigenvalue weighted by atomic mass is 16.6. The fraction of sp³-hybridized carbons (Fsp3) is 0.857. The molecule has 0 saturated carbocycles. The number of cyclic esters (lactones) is 1. The van der Waals surface area contributed by atoms with Gasteiger partial charge in [0.15, 0.2) is 0 Å². The molecule has 4 atom stereocenters. The Kier molecular flexibility index (Phi) is 1.90. The number of carbonyl (C=O) groups excluding carboxylic acids is 1. The number of carbonyl (C=O) groups is 1. The molecule has 2 rings (SSSR count). The van der Waals surface area contributed by atoms with Gasteiger partial charge < -0.3 is 20.1 Å². The minimum Gasteiger partial charge on any atom is -0.447 e. The number of hydrogen-bond donors (Lipinski definition) is 3. The molecule has 6 nitrogen and oxygen atoms in total. The van der Waals surface area contributed by atoms with E-state index < -0.39 is 30.4 Å². The summed E-state index contributed by atoms with van der Waals surface area (Å²) in [6.45, 7) is 0.0888. The fourth-order valence-corrected chi connectivity index (χ4v) is 1.72. The number of amides is 1. The molecule has 0 radical (unpaired) electrons. The number of piperidine rings is 1. The summed E-state index contributed by atoms with van der Waals surface area (Å²) in [5.74, 6) is 0. The maximum absolute atomic E-state index is 11.0. The molecule has 0 aromatic carbocycles. The van der Waals surface area contributed by atoms with Crippen LogP contribution >= 0.6 is 0 Å². The van der Waals surface area contributed by atoms with Gasteiger partial charge in [-0.25, -0.2) is 4.79 Å². The summed E-state index contributed by atoms with van der Waals surface area (Å²) in [5, 5.41) is 28.0. The lowest BCUT2D eigenvalue weighted by Gasteiger charge is -2.37. The number of rotatable bonds is 0. The minimum atomic E-state index is -1.20. The average Bonchev–Trinajstić information content (AvgIpc) is 2.45. The van der Waals surface area contributed by atoms with Crippen molar-refractivity contribution >= 4 is 6.09 Å². The van der Waals surface area contributed by atoms with E-state index in [9.17, 15) is 20.1 Å². The zero-order valence-electron chi connectivity index (χ0n) is 6.83. The van der Waals surface area contributed by atoms with Crippen molar-refractivity contribution in [3.8, 4) is 0 Å². The molecule has 3 N–H and O–H groups in total. The van der Waals surface area contributed by atoms with Crippen molar-refractivity contribution in [1.29, 1.82) is 0 Å². The van der Waals surface area contributed by atoms with Crippen LogP contribution in [-0.2, 0) is 4.74 Å². The monoisotopic (exact) mass is 189 g/mol. The largest absolute Gasteiger partial charge is 0.447 e. The highest BCUT2D eigenvalue weighted by Gasteiger charge is 2.47.